The van der Waals surface area contributed by atoms with Crippen LogP contribution in [0.5, 0.6) is 5.75 Å². The minimum absolute atomic E-state index is 0.0172. The molecular formula is C24H29F4N6O7P. The van der Waals surface area contributed by atoms with Crippen LogP contribution in [0.15, 0.2) is 43.0 Å². The highest BCUT2D eigenvalue weighted by molar-refractivity contribution is 7.52. The van der Waals surface area contributed by atoms with Gasteiger partial charge in [0.1, 0.15) is 35.8 Å². The van der Waals surface area contributed by atoms with Crippen LogP contribution in [-0.2, 0) is 23.4 Å². The summed E-state index contributed by atoms with van der Waals surface area (Å²) in [7, 11) is -3.09. The van der Waals surface area contributed by atoms with Crippen molar-refractivity contribution in [1.29, 1.82) is 0 Å². The summed E-state index contributed by atoms with van der Waals surface area (Å²) in [6.45, 7) is 3.43. The maximum atomic E-state index is 16.0. The monoisotopic (exact) mass is 620 g/mol. The lowest BCUT2D eigenvalue weighted by atomic mass is 9.95. The Hall–Kier alpha value is -3.37. The van der Waals surface area contributed by atoms with Gasteiger partial charge in [0.05, 0.1) is 19.0 Å². The molecule has 0 radical (unpaired) electrons. The predicted octanol–water partition coefficient (Wildman–Crippen LogP) is 3.53. The molecule has 42 heavy (non-hydrogen) atoms. The molecule has 0 aliphatic carbocycles. The summed E-state index contributed by atoms with van der Waals surface area (Å²) in [6.07, 6.45) is -11.6. The smallest absolute Gasteiger partial charge is 0.459 e. The zero-order chi connectivity index (χ0) is 30.9. The van der Waals surface area contributed by atoms with E-state index in [1.165, 1.54) is 26.1 Å². The Morgan fingerprint density at radius 2 is 1.90 bits per heavy atom. The second-order valence-electron chi connectivity index (χ2n) is 9.57. The number of carbonyl (C=O) groups is 1. The second-order valence-corrected chi connectivity index (χ2v) is 11.3. The SMILES string of the molecule is CNc1ncnc2c1ncn2[C@@H]1O[C@H](COP(=O)(NC(C)C(=O)OC(C)C)Oc2ccccc2)[C@@H](O)[C@]1(F)C(F)(F)F. The molecule has 3 aromatic rings. The summed E-state index contributed by atoms with van der Waals surface area (Å²) < 4.78 is 94.2. The van der Waals surface area contributed by atoms with Crippen molar-refractivity contribution in [2.45, 2.75) is 63.2 Å². The molecule has 0 amide bonds. The van der Waals surface area contributed by atoms with Crippen molar-refractivity contribution in [3.05, 3.63) is 43.0 Å². The lowest BCUT2D eigenvalue weighted by molar-refractivity contribution is -0.273. The largest absolute Gasteiger partial charge is 0.462 e. The molecule has 230 valence electrons. The molecule has 6 atom stereocenters. The van der Waals surface area contributed by atoms with Crippen molar-refractivity contribution in [1.82, 2.24) is 24.6 Å². The number of aliphatic hydroxyl groups is 1. The van der Waals surface area contributed by atoms with Crippen LogP contribution in [0.3, 0.4) is 0 Å². The Kier molecular flexibility index (Phi) is 9.08. The second kappa shape index (κ2) is 12.1. The van der Waals surface area contributed by atoms with Crippen molar-refractivity contribution >= 4 is 30.7 Å². The zero-order valence-corrected chi connectivity index (χ0v) is 23.7. The van der Waals surface area contributed by atoms with E-state index in [1.54, 1.807) is 32.0 Å². The number of aromatic nitrogens is 4. The molecule has 2 unspecified atom stereocenters. The predicted molar refractivity (Wildman–Crippen MR) is 139 cm³/mol. The average molecular weight is 620 g/mol. The molecule has 1 saturated heterocycles. The molecular weight excluding hydrogens is 591 g/mol. The standard InChI is InChI=1S/C24H29F4N6O7P/c1-13(2)39-21(36)14(3)33-42(37,41-15-8-6-5-7-9-15)38-10-16-18(35)23(25,24(26,27)28)22(40-16)34-12-32-17-19(29-4)30-11-31-20(17)34/h5-9,11-14,16,18,22,35H,10H2,1-4H3,(H,33,37)(H,29,30,31)/t14?,16-,18-,22-,23-,42?/m1/s1. The molecule has 18 heteroatoms. The van der Waals surface area contributed by atoms with E-state index in [-0.39, 0.29) is 22.7 Å². The van der Waals surface area contributed by atoms with Crippen LogP contribution in [0.4, 0.5) is 23.4 Å². The van der Waals surface area contributed by atoms with Crippen molar-refractivity contribution in [3.8, 4) is 5.75 Å². The molecule has 1 aromatic carbocycles. The Bertz CT molecular complexity index is 1450. The zero-order valence-electron chi connectivity index (χ0n) is 22.8. The van der Waals surface area contributed by atoms with Gasteiger partial charge in [0, 0.05) is 7.05 Å². The number of anilines is 1. The number of hydrogen-bond donors (Lipinski definition) is 3. The Morgan fingerprint density at radius 1 is 1.21 bits per heavy atom. The number of hydrogen-bond acceptors (Lipinski definition) is 11. The number of esters is 1. The number of fused-ring (bicyclic) bond motifs is 1. The van der Waals surface area contributed by atoms with Crippen LogP contribution in [-0.4, -0.2) is 80.4 Å². The number of alkyl halides is 4. The summed E-state index contributed by atoms with van der Waals surface area (Å²) >= 11 is 0. The number of aliphatic hydroxyl groups excluding tert-OH is 1. The number of imidazole rings is 1. The Morgan fingerprint density at radius 3 is 2.52 bits per heavy atom. The van der Waals surface area contributed by atoms with Gasteiger partial charge in [-0.3, -0.25) is 13.9 Å². The van der Waals surface area contributed by atoms with Crippen LogP contribution in [0.2, 0.25) is 0 Å². The minimum Gasteiger partial charge on any atom is -0.462 e. The van der Waals surface area contributed by atoms with Gasteiger partial charge in [-0.1, -0.05) is 18.2 Å². The fourth-order valence-electron chi connectivity index (χ4n) is 4.17. The fraction of sp³-hybridized carbons (Fsp3) is 0.500. The molecule has 4 rings (SSSR count). The summed E-state index contributed by atoms with van der Waals surface area (Å²) in [5, 5.41) is 15.7. The first-order valence-electron chi connectivity index (χ1n) is 12.6. The molecule has 13 nitrogen and oxygen atoms in total. The molecule has 1 aliphatic rings. The summed E-state index contributed by atoms with van der Waals surface area (Å²) in [4.78, 5) is 24.1. The highest BCUT2D eigenvalue weighted by atomic mass is 31.2. The van der Waals surface area contributed by atoms with Crippen molar-refractivity contribution in [2.24, 2.45) is 0 Å². The van der Waals surface area contributed by atoms with Crippen molar-refractivity contribution < 1.29 is 50.5 Å². The molecule has 3 N–H and O–H groups in total. The lowest BCUT2D eigenvalue weighted by Crippen LogP contribution is -2.54. The van der Waals surface area contributed by atoms with E-state index < -0.39 is 62.7 Å². The van der Waals surface area contributed by atoms with E-state index in [9.17, 15) is 27.6 Å². The normalized spacial score (nSPS) is 24.9. The van der Waals surface area contributed by atoms with Gasteiger partial charge in [-0.25, -0.2) is 23.9 Å². The summed E-state index contributed by atoms with van der Waals surface area (Å²) in [5.74, 6) is -0.648. The van der Waals surface area contributed by atoms with E-state index in [0.717, 1.165) is 12.7 Å². The first-order valence-corrected chi connectivity index (χ1v) is 14.2. The van der Waals surface area contributed by atoms with Gasteiger partial charge in [0.2, 0.25) is 0 Å². The van der Waals surface area contributed by atoms with Crippen LogP contribution in [0, 0.1) is 0 Å². The van der Waals surface area contributed by atoms with E-state index in [2.05, 4.69) is 25.4 Å². The molecule has 0 bridgehead atoms. The van der Waals surface area contributed by atoms with Crippen LogP contribution in [0.25, 0.3) is 11.2 Å². The van der Waals surface area contributed by atoms with Crippen molar-refractivity contribution in [3.63, 3.8) is 0 Å². The molecule has 0 spiro atoms. The first kappa shape index (κ1) is 31.6. The van der Waals surface area contributed by atoms with E-state index >= 15 is 4.39 Å². The average Bonchev–Trinajstić information content (AvgIpc) is 3.46. The van der Waals surface area contributed by atoms with E-state index in [1.807, 2.05) is 0 Å². The van der Waals surface area contributed by atoms with E-state index in [0.29, 0.717) is 4.57 Å². The number of nitrogens with zero attached hydrogens (tertiary/aromatic N) is 4. The third kappa shape index (κ3) is 6.20. The highest BCUT2D eigenvalue weighted by Gasteiger charge is 2.73. The van der Waals surface area contributed by atoms with Gasteiger partial charge in [0.15, 0.2) is 17.7 Å². The van der Waals surface area contributed by atoms with Crippen LogP contribution >= 0.6 is 7.75 Å². The van der Waals surface area contributed by atoms with E-state index in [4.69, 9.17) is 18.5 Å². The number of para-hydroxylation sites is 1. The Balaban J connectivity index is 1.63. The fourth-order valence-corrected chi connectivity index (χ4v) is 5.68. The molecule has 1 fully saturated rings. The van der Waals surface area contributed by atoms with Gasteiger partial charge in [0.25, 0.3) is 5.67 Å². The van der Waals surface area contributed by atoms with Crippen LogP contribution in [0.1, 0.15) is 27.0 Å². The quantitative estimate of drug-likeness (QED) is 0.163. The van der Waals surface area contributed by atoms with Gasteiger partial charge >= 0.3 is 19.9 Å². The lowest BCUT2D eigenvalue weighted by Gasteiger charge is -2.31. The third-order valence-corrected chi connectivity index (χ3v) is 7.81. The number of halogens is 4. The first-order chi connectivity index (χ1) is 19.7. The topological polar surface area (TPSA) is 159 Å². The number of rotatable bonds is 11. The van der Waals surface area contributed by atoms with Crippen molar-refractivity contribution in [2.75, 3.05) is 19.0 Å². The molecule has 3 heterocycles. The number of benzene rings is 1. The Labute approximate surface area is 237 Å². The molecule has 1 aliphatic heterocycles. The maximum Gasteiger partial charge on any atom is 0.459 e. The maximum absolute atomic E-state index is 16.0. The van der Waals surface area contributed by atoms with Gasteiger partial charge in [-0.05, 0) is 32.9 Å². The summed E-state index contributed by atoms with van der Waals surface area (Å²) in [6, 6.07) is 6.28. The summed E-state index contributed by atoms with van der Waals surface area (Å²) in [5.41, 5.74) is -4.56. The minimum atomic E-state index is -5.64. The number of ether oxygens (including phenoxy) is 2. The highest BCUT2D eigenvalue weighted by Crippen LogP contribution is 2.53. The van der Waals surface area contributed by atoms with Gasteiger partial charge in [-0.15, -0.1) is 0 Å². The molecule has 0 saturated carbocycles. The van der Waals surface area contributed by atoms with Gasteiger partial charge in [-0.2, -0.15) is 18.3 Å². The van der Waals surface area contributed by atoms with Gasteiger partial charge < -0.3 is 24.4 Å². The number of nitrogens with one attached hydrogen (secondary N) is 2. The molecule has 2 aromatic heterocycles. The number of carbonyl (C=O) groups excluding carboxylic acids is 1. The third-order valence-electron chi connectivity index (χ3n) is 6.16. The van der Waals surface area contributed by atoms with Crippen LogP contribution < -0.4 is 14.9 Å².